The van der Waals surface area contributed by atoms with Crippen LogP contribution in [0.2, 0.25) is 5.02 Å². The second kappa shape index (κ2) is 4.51. The highest BCUT2D eigenvalue weighted by atomic mass is 79.9. The third kappa shape index (κ3) is 2.71. The largest absolute Gasteiger partial charge is 0.375 e. The van der Waals surface area contributed by atoms with Crippen LogP contribution in [0.4, 0.5) is 5.13 Å². The Kier molecular flexibility index (Phi) is 3.29. The van der Waals surface area contributed by atoms with Crippen molar-refractivity contribution >= 4 is 44.0 Å². The number of thiazole rings is 1. The molecule has 1 heterocycles. The van der Waals surface area contributed by atoms with E-state index in [1.165, 1.54) is 11.3 Å². The number of nitrogen functional groups attached to an aromatic ring is 1. The smallest absolute Gasteiger partial charge is 0.181 e. The van der Waals surface area contributed by atoms with Gasteiger partial charge in [0.15, 0.2) is 5.13 Å². The first-order chi connectivity index (χ1) is 7.15. The Bertz CT molecular complexity index is 484. The van der Waals surface area contributed by atoms with Gasteiger partial charge in [-0.1, -0.05) is 35.1 Å². The van der Waals surface area contributed by atoms with Crippen LogP contribution in [-0.2, 0) is 6.42 Å². The Balaban J connectivity index is 2.25. The summed E-state index contributed by atoms with van der Waals surface area (Å²) in [5, 5.41) is 1.32. The van der Waals surface area contributed by atoms with Gasteiger partial charge < -0.3 is 5.73 Å². The van der Waals surface area contributed by atoms with E-state index in [1.807, 2.05) is 24.3 Å². The number of anilines is 1. The minimum atomic E-state index is 0.582. The SMILES string of the molecule is Nc1nc(Cc2cccc(Cl)c2)c(Br)s1. The maximum atomic E-state index is 5.90. The molecule has 0 bridgehead atoms. The van der Waals surface area contributed by atoms with Crippen LogP contribution in [0.5, 0.6) is 0 Å². The highest BCUT2D eigenvalue weighted by molar-refractivity contribution is 9.11. The van der Waals surface area contributed by atoms with Crippen molar-refractivity contribution in [3.63, 3.8) is 0 Å². The lowest BCUT2D eigenvalue weighted by Crippen LogP contribution is -1.90. The molecule has 2 aromatic rings. The van der Waals surface area contributed by atoms with Crippen molar-refractivity contribution in [3.8, 4) is 0 Å². The Hall–Kier alpha value is -0.580. The first kappa shape index (κ1) is 10.9. The summed E-state index contributed by atoms with van der Waals surface area (Å²) in [7, 11) is 0. The number of rotatable bonds is 2. The normalized spacial score (nSPS) is 10.5. The number of hydrogen-bond acceptors (Lipinski definition) is 3. The van der Waals surface area contributed by atoms with Gasteiger partial charge in [-0.2, -0.15) is 0 Å². The van der Waals surface area contributed by atoms with Crippen molar-refractivity contribution in [2.24, 2.45) is 0 Å². The number of nitrogens with two attached hydrogens (primary N) is 1. The Morgan fingerprint density at radius 1 is 1.47 bits per heavy atom. The molecule has 0 saturated heterocycles. The molecule has 0 fully saturated rings. The summed E-state index contributed by atoms with van der Waals surface area (Å²) >= 11 is 10.8. The van der Waals surface area contributed by atoms with Gasteiger partial charge in [-0.15, -0.1) is 0 Å². The average molecular weight is 304 g/mol. The van der Waals surface area contributed by atoms with Gasteiger partial charge in [0.25, 0.3) is 0 Å². The van der Waals surface area contributed by atoms with Gasteiger partial charge in [0, 0.05) is 11.4 Å². The number of aromatic nitrogens is 1. The zero-order valence-corrected chi connectivity index (χ0v) is 10.9. The molecule has 2 N–H and O–H groups in total. The first-order valence-electron chi connectivity index (χ1n) is 4.30. The summed E-state index contributed by atoms with van der Waals surface area (Å²) in [6.45, 7) is 0. The van der Waals surface area contributed by atoms with Gasteiger partial charge in [0.2, 0.25) is 0 Å². The van der Waals surface area contributed by atoms with E-state index in [0.717, 1.165) is 26.5 Å². The molecule has 1 aromatic carbocycles. The zero-order chi connectivity index (χ0) is 10.8. The summed E-state index contributed by atoms with van der Waals surface area (Å²) in [5.41, 5.74) is 7.71. The van der Waals surface area contributed by atoms with Gasteiger partial charge in [-0.3, -0.25) is 0 Å². The first-order valence-corrected chi connectivity index (χ1v) is 6.29. The van der Waals surface area contributed by atoms with Crippen LogP contribution in [0.1, 0.15) is 11.3 Å². The molecule has 78 valence electrons. The van der Waals surface area contributed by atoms with Gasteiger partial charge in [-0.25, -0.2) is 4.98 Å². The summed E-state index contributed by atoms with van der Waals surface area (Å²) in [5.74, 6) is 0. The predicted molar refractivity (Wildman–Crippen MR) is 68.5 cm³/mol. The van der Waals surface area contributed by atoms with E-state index >= 15 is 0 Å². The summed E-state index contributed by atoms with van der Waals surface area (Å²) in [6, 6.07) is 7.74. The summed E-state index contributed by atoms with van der Waals surface area (Å²) < 4.78 is 0.986. The minimum absolute atomic E-state index is 0.582. The average Bonchev–Trinajstić information content (AvgIpc) is 2.45. The van der Waals surface area contributed by atoms with Crippen molar-refractivity contribution in [3.05, 3.63) is 44.3 Å². The van der Waals surface area contributed by atoms with Crippen LogP contribution >= 0.6 is 38.9 Å². The summed E-state index contributed by atoms with van der Waals surface area (Å²) in [4.78, 5) is 4.24. The second-order valence-corrected chi connectivity index (χ2v) is 5.86. The van der Waals surface area contributed by atoms with Gasteiger partial charge in [0.05, 0.1) is 9.48 Å². The quantitative estimate of drug-likeness (QED) is 0.918. The van der Waals surface area contributed by atoms with Crippen molar-refractivity contribution in [2.75, 3.05) is 5.73 Å². The molecule has 0 aliphatic carbocycles. The molecule has 15 heavy (non-hydrogen) atoms. The van der Waals surface area contributed by atoms with E-state index in [1.54, 1.807) is 0 Å². The lowest BCUT2D eigenvalue weighted by Gasteiger charge is -1.99. The highest BCUT2D eigenvalue weighted by Gasteiger charge is 2.07. The molecular weight excluding hydrogens is 296 g/mol. The standard InChI is InChI=1S/C10H8BrClN2S/c11-9-8(14-10(13)15-9)5-6-2-1-3-7(12)4-6/h1-4H,5H2,(H2,13,14). The Morgan fingerprint density at radius 3 is 2.87 bits per heavy atom. The molecule has 0 spiro atoms. The molecule has 2 nitrogen and oxygen atoms in total. The van der Waals surface area contributed by atoms with Gasteiger partial charge in [-0.05, 0) is 33.6 Å². The van der Waals surface area contributed by atoms with E-state index in [-0.39, 0.29) is 0 Å². The van der Waals surface area contributed by atoms with Crippen molar-refractivity contribution in [2.45, 2.75) is 6.42 Å². The van der Waals surface area contributed by atoms with E-state index in [9.17, 15) is 0 Å². The van der Waals surface area contributed by atoms with Crippen molar-refractivity contribution < 1.29 is 0 Å². The lowest BCUT2D eigenvalue weighted by molar-refractivity contribution is 1.10. The van der Waals surface area contributed by atoms with E-state index < -0.39 is 0 Å². The molecule has 0 aliphatic rings. The van der Waals surface area contributed by atoms with Crippen molar-refractivity contribution in [1.82, 2.24) is 4.98 Å². The maximum Gasteiger partial charge on any atom is 0.181 e. The monoisotopic (exact) mass is 302 g/mol. The second-order valence-electron chi connectivity index (χ2n) is 3.08. The van der Waals surface area contributed by atoms with Gasteiger partial charge >= 0.3 is 0 Å². The van der Waals surface area contributed by atoms with Crippen molar-refractivity contribution in [1.29, 1.82) is 0 Å². The molecule has 0 amide bonds. The van der Waals surface area contributed by atoms with Crippen LogP contribution in [0, 0.1) is 0 Å². The number of hydrogen-bond donors (Lipinski definition) is 1. The third-order valence-electron chi connectivity index (χ3n) is 1.93. The summed E-state index contributed by atoms with van der Waals surface area (Å²) in [6.07, 6.45) is 0.745. The third-order valence-corrected chi connectivity index (χ3v) is 3.82. The van der Waals surface area contributed by atoms with Gasteiger partial charge in [0.1, 0.15) is 0 Å². The van der Waals surface area contributed by atoms with Crippen LogP contribution in [0.15, 0.2) is 28.1 Å². The highest BCUT2D eigenvalue weighted by Crippen LogP contribution is 2.28. The fourth-order valence-electron chi connectivity index (χ4n) is 1.30. The minimum Gasteiger partial charge on any atom is -0.375 e. The Labute approximate surface area is 105 Å². The molecular formula is C10H8BrClN2S. The molecule has 5 heteroatoms. The topological polar surface area (TPSA) is 38.9 Å². The van der Waals surface area contributed by atoms with Crippen LogP contribution < -0.4 is 5.73 Å². The molecule has 0 radical (unpaired) electrons. The number of benzene rings is 1. The molecule has 0 saturated carbocycles. The molecule has 1 aromatic heterocycles. The molecule has 0 atom stereocenters. The fraction of sp³-hybridized carbons (Fsp3) is 0.100. The van der Waals surface area contributed by atoms with Crippen LogP contribution in [-0.4, -0.2) is 4.98 Å². The number of halogens is 2. The van der Waals surface area contributed by atoms with E-state index in [2.05, 4.69) is 20.9 Å². The van der Waals surface area contributed by atoms with E-state index in [4.69, 9.17) is 17.3 Å². The molecule has 2 rings (SSSR count). The fourth-order valence-corrected chi connectivity index (χ4v) is 2.81. The van der Waals surface area contributed by atoms with Crippen LogP contribution in [0.3, 0.4) is 0 Å². The predicted octanol–water partition coefficient (Wildman–Crippen LogP) is 3.73. The number of nitrogens with zero attached hydrogens (tertiary/aromatic N) is 1. The molecule has 0 aliphatic heterocycles. The maximum absolute atomic E-state index is 5.90. The van der Waals surface area contributed by atoms with Crippen LogP contribution in [0.25, 0.3) is 0 Å². The molecule has 0 unspecified atom stereocenters. The lowest BCUT2D eigenvalue weighted by atomic mass is 10.1. The zero-order valence-electron chi connectivity index (χ0n) is 7.71. The Morgan fingerprint density at radius 2 is 2.27 bits per heavy atom. The van der Waals surface area contributed by atoms with E-state index in [0.29, 0.717) is 5.13 Å².